The lowest BCUT2D eigenvalue weighted by atomic mass is 10.1. The second-order valence-electron chi connectivity index (χ2n) is 5.66. The van der Waals surface area contributed by atoms with Gasteiger partial charge in [-0.25, -0.2) is 4.39 Å². The molecule has 0 spiro atoms. The topological polar surface area (TPSA) is 84.3 Å². The molecule has 0 saturated carbocycles. The summed E-state index contributed by atoms with van der Waals surface area (Å²) in [5, 5.41) is 17.2. The van der Waals surface area contributed by atoms with Crippen molar-refractivity contribution in [3.63, 3.8) is 0 Å². The lowest BCUT2D eigenvalue weighted by molar-refractivity contribution is -0.384. The van der Waals surface area contributed by atoms with Crippen LogP contribution in [0.25, 0.3) is 0 Å². The number of aldehydes is 1. The number of nitro benzene ring substituents is 1. The van der Waals surface area contributed by atoms with E-state index < -0.39 is 16.4 Å². The summed E-state index contributed by atoms with van der Waals surface area (Å²) in [5.41, 5.74) is -0.488. The van der Waals surface area contributed by atoms with E-state index in [4.69, 9.17) is 11.6 Å². The molecule has 0 amide bonds. The quantitative estimate of drug-likeness (QED) is 0.176. The van der Waals surface area contributed by atoms with Crippen LogP contribution < -0.4 is 10.6 Å². The first-order valence-electron chi connectivity index (χ1n) is 7.91. The predicted octanol–water partition coefficient (Wildman–Crippen LogP) is 6.29. The molecule has 0 aromatic heterocycles. The number of rotatable bonds is 6. The maximum absolute atomic E-state index is 15.3. The second kappa shape index (κ2) is 8.53. The lowest BCUT2D eigenvalue weighted by Gasteiger charge is -2.16. The minimum absolute atomic E-state index is 0.197. The Hall–Kier alpha value is -2.72. The van der Waals surface area contributed by atoms with Crippen molar-refractivity contribution in [2.75, 3.05) is 10.6 Å². The first-order valence-corrected chi connectivity index (χ1v) is 9.36. The van der Waals surface area contributed by atoms with Crippen molar-refractivity contribution in [2.45, 2.75) is 0 Å². The van der Waals surface area contributed by atoms with Gasteiger partial charge < -0.3 is 10.6 Å². The fourth-order valence-corrected chi connectivity index (χ4v) is 3.43. The molecule has 0 atom stereocenters. The molecular weight excluding hydrogens is 500 g/mol. The van der Waals surface area contributed by atoms with Crippen LogP contribution in [0.2, 0.25) is 5.02 Å². The zero-order valence-electron chi connectivity index (χ0n) is 14.1. The molecule has 28 heavy (non-hydrogen) atoms. The summed E-state index contributed by atoms with van der Waals surface area (Å²) >= 11 is 8.25. The molecule has 0 aliphatic rings. The molecule has 0 heterocycles. The van der Waals surface area contributed by atoms with E-state index in [1.807, 2.05) is 0 Å². The zero-order chi connectivity index (χ0) is 20.3. The third-order valence-electron chi connectivity index (χ3n) is 3.83. The van der Waals surface area contributed by atoms with Crippen LogP contribution >= 0.6 is 34.2 Å². The van der Waals surface area contributed by atoms with Gasteiger partial charge in [-0.2, -0.15) is 0 Å². The maximum Gasteiger partial charge on any atom is 0.296 e. The number of hydrogen-bond donors (Lipinski definition) is 2. The molecule has 3 aromatic carbocycles. The van der Waals surface area contributed by atoms with Crippen molar-refractivity contribution in [3.05, 3.63) is 84.7 Å². The van der Waals surface area contributed by atoms with Crippen molar-refractivity contribution >= 4 is 68.9 Å². The number of carbonyl (C=O) groups excluding carboxylic acids is 1. The van der Waals surface area contributed by atoms with Crippen LogP contribution in [0, 0.1) is 19.5 Å². The average molecular weight is 512 g/mol. The fraction of sp³-hybridized carbons (Fsp3) is 0. The Bertz CT molecular complexity index is 1060. The molecule has 0 radical (unpaired) electrons. The van der Waals surface area contributed by atoms with E-state index in [9.17, 15) is 14.9 Å². The van der Waals surface area contributed by atoms with Gasteiger partial charge in [0.25, 0.3) is 5.69 Å². The third-order valence-corrected chi connectivity index (χ3v) is 4.82. The molecule has 142 valence electrons. The van der Waals surface area contributed by atoms with E-state index in [-0.39, 0.29) is 16.9 Å². The van der Waals surface area contributed by atoms with Crippen LogP contribution in [0.1, 0.15) is 10.4 Å². The summed E-state index contributed by atoms with van der Waals surface area (Å²) in [7, 11) is 0. The lowest BCUT2D eigenvalue weighted by Crippen LogP contribution is -2.06. The summed E-state index contributed by atoms with van der Waals surface area (Å²) in [5.74, 6) is -0.963. The summed E-state index contributed by atoms with van der Waals surface area (Å²) in [6, 6.07) is 14.5. The summed E-state index contributed by atoms with van der Waals surface area (Å²) in [6.45, 7) is 0. The summed E-state index contributed by atoms with van der Waals surface area (Å²) < 4.78 is 16.2. The van der Waals surface area contributed by atoms with Crippen molar-refractivity contribution in [1.82, 2.24) is 0 Å². The SMILES string of the molecule is O=Cc1cc([N+](=O)[O-])c(Nc2ccccc2)c(F)c1Nc1ccc(I)cc1Cl. The molecule has 3 aromatic rings. The van der Waals surface area contributed by atoms with E-state index in [0.29, 0.717) is 22.7 Å². The van der Waals surface area contributed by atoms with Gasteiger partial charge in [-0.15, -0.1) is 0 Å². The normalized spacial score (nSPS) is 10.4. The van der Waals surface area contributed by atoms with Crippen LogP contribution in [0.3, 0.4) is 0 Å². The molecule has 0 aliphatic carbocycles. The van der Waals surface area contributed by atoms with Gasteiger partial charge in [-0.1, -0.05) is 29.8 Å². The van der Waals surface area contributed by atoms with Gasteiger partial charge in [0.2, 0.25) is 0 Å². The number of carbonyl (C=O) groups is 1. The van der Waals surface area contributed by atoms with Gasteiger partial charge in [-0.3, -0.25) is 14.9 Å². The Balaban J connectivity index is 2.14. The van der Waals surface area contributed by atoms with E-state index in [0.717, 1.165) is 9.64 Å². The standard InChI is InChI=1S/C19H12ClFIN3O3/c20-14-9-12(22)6-7-15(14)24-18-11(10-26)8-16(25(27)28)19(17(18)21)23-13-4-2-1-3-5-13/h1-10,23-24H. The minimum Gasteiger partial charge on any atom is -0.351 e. The molecule has 0 aliphatic heterocycles. The second-order valence-corrected chi connectivity index (χ2v) is 7.32. The van der Waals surface area contributed by atoms with Crippen LogP contribution in [-0.2, 0) is 0 Å². The summed E-state index contributed by atoms with van der Waals surface area (Å²) in [4.78, 5) is 22.2. The van der Waals surface area contributed by atoms with Gasteiger partial charge in [0.1, 0.15) is 0 Å². The van der Waals surface area contributed by atoms with Crippen molar-refractivity contribution in [2.24, 2.45) is 0 Å². The number of anilines is 4. The van der Waals surface area contributed by atoms with Gasteiger partial charge in [0.05, 0.1) is 21.3 Å². The molecule has 2 N–H and O–H groups in total. The molecule has 0 fully saturated rings. The first kappa shape index (κ1) is 20.0. The minimum atomic E-state index is -0.963. The molecule has 0 bridgehead atoms. The number of halogens is 3. The highest BCUT2D eigenvalue weighted by atomic mass is 127. The Kier molecular flexibility index (Phi) is 6.10. The molecule has 0 unspecified atom stereocenters. The Labute approximate surface area is 178 Å². The van der Waals surface area contributed by atoms with Crippen molar-refractivity contribution in [3.8, 4) is 0 Å². The van der Waals surface area contributed by atoms with Crippen molar-refractivity contribution in [1.29, 1.82) is 0 Å². The summed E-state index contributed by atoms with van der Waals surface area (Å²) in [6.07, 6.45) is 0.352. The van der Waals surface area contributed by atoms with Crippen molar-refractivity contribution < 1.29 is 14.1 Å². The number of nitro groups is 1. The fourth-order valence-electron chi connectivity index (χ4n) is 2.53. The Morgan fingerprint density at radius 2 is 1.79 bits per heavy atom. The number of para-hydroxylation sites is 1. The smallest absolute Gasteiger partial charge is 0.296 e. The number of nitrogens with one attached hydrogen (secondary N) is 2. The van der Waals surface area contributed by atoms with E-state index in [1.165, 1.54) is 0 Å². The monoisotopic (exact) mass is 511 g/mol. The molecule has 9 heteroatoms. The molecule has 6 nitrogen and oxygen atoms in total. The van der Waals surface area contributed by atoms with E-state index in [1.54, 1.807) is 48.5 Å². The van der Waals surface area contributed by atoms with E-state index in [2.05, 4.69) is 33.2 Å². The molecule has 3 rings (SSSR count). The van der Waals surface area contributed by atoms with Crippen LogP contribution in [0.4, 0.5) is 32.8 Å². The van der Waals surface area contributed by atoms with Gasteiger partial charge in [0, 0.05) is 20.9 Å². The largest absolute Gasteiger partial charge is 0.351 e. The highest BCUT2D eigenvalue weighted by Gasteiger charge is 2.26. The van der Waals surface area contributed by atoms with E-state index >= 15 is 4.39 Å². The number of benzene rings is 3. The Morgan fingerprint density at radius 3 is 2.39 bits per heavy atom. The Morgan fingerprint density at radius 1 is 1.07 bits per heavy atom. The van der Waals surface area contributed by atoms with Crippen LogP contribution in [-0.4, -0.2) is 11.2 Å². The average Bonchev–Trinajstić information content (AvgIpc) is 2.67. The molecular formula is C19H12ClFIN3O3. The zero-order valence-corrected chi connectivity index (χ0v) is 17.0. The third kappa shape index (κ3) is 4.23. The highest BCUT2D eigenvalue weighted by Crippen LogP contribution is 2.39. The van der Waals surface area contributed by atoms with Gasteiger partial charge in [-0.05, 0) is 52.9 Å². The van der Waals surface area contributed by atoms with Gasteiger partial charge in [0.15, 0.2) is 17.8 Å². The highest BCUT2D eigenvalue weighted by molar-refractivity contribution is 14.1. The predicted molar refractivity (Wildman–Crippen MR) is 116 cm³/mol. The van der Waals surface area contributed by atoms with Crippen LogP contribution in [0.5, 0.6) is 0 Å². The van der Waals surface area contributed by atoms with Crippen LogP contribution in [0.15, 0.2) is 54.6 Å². The number of hydrogen-bond acceptors (Lipinski definition) is 5. The molecule has 0 saturated heterocycles. The maximum atomic E-state index is 15.3. The van der Waals surface area contributed by atoms with Gasteiger partial charge >= 0.3 is 0 Å². The number of nitrogens with zero attached hydrogens (tertiary/aromatic N) is 1. The first-order chi connectivity index (χ1) is 13.4.